The van der Waals surface area contributed by atoms with E-state index in [0.717, 1.165) is 73.8 Å². The Morgan fingerprint density at radius 2 is 1.26 bits per heavy atom. The van der Waals surface area contributed by atoms with E-state index in [9.17, 15) is 14.4 Å². The Bertz CT molecular complexity index is 1690. The van der Waals surface area contributed by atoms with E-state index in [1.165, 1.54) is 0 Å². The number of hydrogen-bond acceptors (Lipinski definition) is 7. The van der Waals surface area contributed by atoms with Crippen LogP contribution >= 0.6 is 22.6 Å². The minimum atomic E-state index is -0.485. The standard InChI is InChI=1S/C19H25N3O3.C18H27N3O2.CH3I/c1-19(2,3)25-18(24)21-12-8-9-13(21)11-14(10-12)22-16-7-5-4-6-15(16)20-17(22)23;1-18(2,3)23-17(22)21-13-8-9-14(21)11-12(10-13)20-16-7-5-4-6-15(16)19;1-2/h4-7,12-14H,8-11H2,1-3H3,(H,20,23);4-7,12-14,20H,8-11,19H2,1-3H3;1H3/i;;1D. The number of nitrogen functional groups attached to an aromatic ring is 1. The summed E-state index contributed by atoms with van der Waals surface area (Å²) in [6.45, 7) is 11.4. The van der Waals surface area contributed by atoms with E-state index in [2.05, 4.69) is 10.3 Å². The summed E-state index contributed by atoms with van der Waals surface area (Å²) in [6.07, 6.45) is 7.21. The number of para-hydroxylation sites is 4. The summed E-state index contributed by atoms with van der Waals surface area (Å²) < 4.78 is 19.2. The van der Waals surface area contributed by atoms with Gasteiger partial charge >= 0.3 is 17.9 Å². The first kappa shape index (κ1) is 36.4. The second kappa shape index (κ2) is 15.4. The molecule has 5 heterocycles. The monoisotopic (exact) mass is 803 g/mol. The molecule has 7 rings (SSSR count). The molecule has 0 radical (unpaired) electrons. The summed E-state index contributed by atoms with van der Waals surface area (Å²) >= 11 is 1.96. The van der Waals surface area contributed by atoms with Gasteiger partial charge in [-0.05, 0) is 122 Å². The number of amides is 2. The average molecular weight is 804 g/mol. The van der Waals surface area contributed by atoms with Gasteiger partial charge in [0.15, 0.2) is 0 Å². The van der Waals surface area contributed by atoms with Crippen molar-refractivity contribution in [3.8, 4) is 0 Å². The zero-order valence-electron chi connectivity index (χ0n) is 31.3. The number of H-pyrrole nitrogens is 1. The molecule has 0 aliphatic carbocycles. The first-order valence-electron chi connectivity index (χ1n) is 18.5. The molecule has 4 unspecified atom stereocenters. The van der Waals surface area contributed by atoms with Crippen molar-refractivity contribution in [3.05, 3.63) is 59.0 Å². The molecule has 4 N–H and O–H groups in total. The van der Waals surface area contributed by atoms with Crippen LogP contribution in [0.4, 0.5) is 21.0 Å². The summed E-state index contributed by atoms with van der Waals surface area (Å²) in [5, 5.41) is 3.55. The third kappa shape index (κ3) is 8.71. The van der Waals surface area contributed by atoms with Crippen molar-refractivity contribution in [1.82, 2.24) is 19.4 Å². The topological polar surface area (TPSA) is 135 Å². The number of anilines is 2. The highest BCUT2D eigenvalue weighted by molar-refractivity contribution is 14.1. The van der Waals surface area contributed by atoms with Gasteiger partial charge in [-0.1, -0.05) is 46.9 Å². The van der Waals surface area contributed by atoms with E-state index in [-0.39, 0.29) is 48.1 Å². The molecule has 4 fully saturated rings. The molecule has 4 atom stereocenters. The summed E-state index contributed by atoms with van der Waals surface area (Å²) in [4.78, 5) is 44.8. The Labute approximate surface area is 311 Å². The van der Waals surface area contributed by atoms with Crippen molar-refractivity contribution in [1.29, 1.82) is 0 Å². The highest BCUT2D eigenvalue weighted by atomic mass is 127. The van der Waals surface area contributed by atoms with Crippen LogP contribution in [0.15, 0.2) is 53.3 Å². The molecule has 4 bridgehead atoms. The van der Waals surface area contributed by atoms with E-state index in [1.807, 2.05) is 127 Å². The van der Waals surface area contributed by atoms with Gasteiger partial charge in [-0.25, -0.2) is 14.4 Å². The van der Waals surface area contributed by atoms with Crippen molar-refractivity contribution in [2.45, 2.75) is 140 Å². The number of fused-ring (bicyclic) bond motifs is 5. The molecule has 274 valence electrons. The predicted molar refractivity (Wildman–Crippen MR) is 208 cm³/mol. The quantitative estimate of drug-likeness (QED) is 0.138. The second-order valence-electron chi connectivity index (χ2n) is 15.9. The fraction of sp³-hybridized carbons (Fsp3) is 0.605. The van der Waals surface area contributed by atoms with Crippen molar-refractivity contribution < 1.29 is 20.4 Å². The Morgan fingerprint density at radius 3 is 1.76 bits per heavy atom. The van der Waals surface area contributed by atoms with Crippen molar-refractivity contribution >= 4 is 57.2 Å². The third-order valence-electron chi connectivity index (χ3n) is 9.96. The van der Waals surface area contributed by atoms with Gasteiger partial charge in [-0.15, -0.1) is 0 Å². The molecule has 2 aromatic carbocycles. The number of nitrogens with zero attached hydrogens (tertiary/aromatic N) is 3. The molecular weight excluding hydrogens is 747 g/mol. The molecule has 11 nitrogen and oxygen atoms in total. The molecule has 2 amide bonds. The van der Waals surface area contributed by atoms with Gasteiger partial charge < -0.3 is 35.3 Å². The van der Waals surface area contributed by atoms with Gasteiger partial charge in [0.05, 0.1) is 22.4 Å². The number of benzene rings is 2. The van der Waals surface area contributed by atoms with Crippen molar-refractivity contribution in [2.75, 3.05) is 16.0 Å². The number of alkyl halides is 1. The Morgan fingerprint density at radius 1 is 0.800 bits per heavy atom. The number of nitrogens with two attached hydrogens (primary N) is 1. The lowest BCUT2D eigenvalue weighted by atomic mass is 9.97. The lowest BCUT2D eigenvalue weighted by molar-refractivity contribution is 0.00269. The number of carbonyl (C=O) groups is 2. The van der Waals surface area contributed by atoms with E-state index in [0.29, 0.717) is 10.9 Å². The highest BCUT2D eigenvalue weighted by Crippen LogP contribution is 2.42. The summed E-state index contributed by atoms with van der Waals surface area (Å²) in [5.74, 6) is 0. The van der Waals surface area contributed by atoms with Crippen molar-refractivity contribution in [2.24, 2.45) is 0 Å². The summed E-state index contributed by atoms with van der Waals surface area (Å²) in [6, 6.07) is 17.0. The van der Waals surface area contributed by atoms with E-state index < -0.39 is 11.2 Å². The van der Waals surface area contributed by atoms with Crippen LogP contribution in [0.3, 0.4) is 0 Å². The van der Waals surface area contributed by atoms with Gasteiger partial charge in [-0.2, -0.15) is 0 Å². The first-order valence-corrected chi connectivity index (χ1v) is 19.3. The SMILES string of the molecule is CC(C)(C)OC(=O)N1C2CCC1CC(Nc1ccccc1N)C2.CC(C)(C)OC(=O)N1C2CCC1CC(n1c(=O)[nH]c3ccccc31)C2.[2H]CI. The number of nitrogens with one attached hydrogen (secondary N) is 2. The van der Waals surface area contributed by atoms with Crippen LogP contribution in [-0.4, -0.2) is 77.9 Å². The molecule has 12 heteroatoms. The van der Waals surface area contributed by atoms with Crippen LogP contribution in [0.25, 0.3) is 11.0 Å². The smallest absolute Gasteiger partial charge is 0.410 e. The normalized spacial score (nSPS) is 25.9. The number of piperidine rings is 2. The van der Waals surface area contributed by atoms with Gasteiger partial charge in [0.2, 0.25) is 0 Å². The fourth-order valence-corrected chi connectivity index (χ4v) is 8.16. The summed E-state index contributed by atoms with van der Waals surface area (Å²) in [7, 11) is 0. The Kier molecular flexibility index (Phi) is 11.2. The van der Waals surface area contributed by atoms with E-state index in [1.54, 1.807) is 0 Å². The zero-order valence-corrected chi connectivity index (χ0v) is 32.4. The van der Waals surface area contributed by atoms with Gasteiger partial charge in [0.1, 0.15) is 11.2 Å². The Balaban J connectivity index is 0.000000184. The van der Waals surface area contributed by atoms with Gasteiger partial charge in [0.25, 0.3) is 0 Å². The number of aromatic amines is 1. The molecule has 0 spiro atoms. The van der Waals surface area contributed by atoms with Crippen LogP contribution < -0.4 is 16.7 Å². The van der Waals surface area contributed by atoms with Gasteiger partial charge in [0, 0.05) is 37.6 Å². The van der Waals surface area contributed by atoms with Crippen molar-refractivity contribution in [3.63, 3.8) is 0 Å². The summed E-state index contributed by atoms with van der Waals surface area (Å²) in [5.41, 5.74) is 8.61. The first-order chi connectivity index (χ1) is 24.1. The third-order valence-corrected chi connectivity index (χ3v) is 9.96. The molecule has 1 aromatic heterocycles. The fourth-order valence-electron chi connectivity index (χ4n) is 8.16. The lowest BCUT2D eigenvalue weighted by Gasteiger charge is -2.40. The maximum Gasteiger partial charge on any atom is 0.410 e. The van der Waals surface area contributed by atoms with Crippen LogP contribution in [-0.2, 0) is 9.47 Å². The number of hydrogen-bond donors (Lipinski definition) is 3. The highest BCUT2D eigenvalue weighted by Gasteiger charge is 2.46. The van der Waals surface area contributed by atoms with Crippen LogP contribution in [0.1, 0.15) is 100 Å². The zero-order chi connectivity index (χ0) is 37.1. The van der Waals surface area contributed by atoms with Crippen LogP contribution in [0.5, 0.6) is 0 Å². The molecule has 0 saturated carbocycles. The number of rotatable bonds is 3. The van der Waals surface area contributed by atoms with E-state index >= 15 is 0 Å². The maximum absolute atomic E-state index is 12.6. The minimum absolute atomic E-state index is 0.0590. The molecule has 4 saturated heterocycles. The number of halogens is 1. The largest absolute Gasteiger partial charge is 0.444 e. The molecule has 3 aromatic rings. The van der Waals surface area contributed by atoms with Gasteiger partial charge in [-0.3, -0.25) is 4.57 Å². The van der Waals surface area contributed by atoms with Crippen LogP contribution in [0, 0.1) is 0 Å². The number of ether oxygens (including phenoxy) is 2. The number of aromatic nitrogens is 2. The Hall–Kier alpha value is -3.42. The molecule has 4 aliphatic rings. The second-order valence-corrected chi connectivity index (χ2v) is 15.9. The predicted octanol–water partition coefficient (Wildman–Crippen LogP) is 8.10. The van der Waals surface area contributed by atoms with Crippen LogP contribution in [0.2, 0.25) is 0 Å². The average Bonchev–Trinajstić information content (AvgIpc) is 3.62. The maximum atomic E-state index is 12.6. The molecule has 4 aliphatic heterocycles. The minimum Gasteiger partial charge on any atom is -0.444 e. The molecular formula is C38H55IN6O5. The lowest BCUT2D eigenvalue weighted by Crippen LogP contribution is -2.51. The number of carbonyl (C=O) groups excluding carboxylic acids is 2. The van der Waals surface area contributed by atoms with E-state index in [4.69, 9.17) is 16.6 Å². The molecule has 50 heavy (non-hydrogen) atoms. The number of imidazole rings is 1.